The zero-order valence-corrected chi connectivity index (χ0v) is 9.70. The van der Waals surface area contributed by atoms with E-state index in [-0.39, 0.29) is 11.8 Å². The molecule has 4 N–H and O–H groups in total. The molecule has 5 nitrogen and oxygen atoms in total. The van der Waals surface area contributed by atoms with Crippen LogP contribution in [0.4, 0.5) is 0 Å². The van der Waals surface area contributed by atoms with Crippen molar-refractivity contribution in [2.24, 2.45) is 11.7 Å². The fourth-order valence-corrected chi connectivity index (χ4v) is 1.46. The summed E-state index contributed by atoms with van der Waals surface area (Å²) in [7, 11) is 0. The molecule has 0 aliphatic carbocycles. The van der Waals surface area contributed by atoms with Crippen LogP contribution in [0.1, 0.15) is 25.6 Å². The first kappa shape index (κ1) is 12.7. The Morgan fingerprint density at radius 1 is 1.69 bits per heavy atom. The molecule has 0 radical (unpaired) electrons. The first-order valence-corrected chi connectivity index (χ1v) is 5.70. The van der Waals surface area contributed by atoms with Crippen LogP contribution >= 0.6 is 0 Å². The molecule has 1 heterocycles. The van der Waals surface area contributed by atoms with E-state index < -0.39 is 0 Å². The SMILES string of the molecule is CC(CCN)C(=O)NCCCc1ncc[nH]1. The highest BCUT2D eigenvalue weighted by molar-refractivity contribution is 5.78. The van der Waals surface area contributed by atoms with E-state index in [1.165, 1.54) is 0 Å². The van der Waals surface area contributed by atoms with E-state index in [9.17, 15) is 4.79 Å². The van der Waals surface area contributed by atoms with Crippen molar-refractivity contribution in [3.63, 3.8) is 0 Å². The van der Waals surface area contributed by atoms with Crippen molar-refractivity contribution in [2.45, 2.75) is 26.2 Å². The Hall–Kier alpha value is -1.36. The average Bonchev–Trinajstić information content (AvgIpc) is 2.77. The highest BCUT2D eigenvalue weighted by Crippen LogP contribution is 2.00. The summed E-state index contributed by atoms with van der Waals surface area (Å²) in [4.78, 5) is 18.6. The Labute approximate surface area is 95.8 Å². The van der Waals surface area contributed by atoms with Crippen molar-refractivity contribution in [3.05, 3.63) is 18.2 Å². The van der Waals surface area contributed by atoms with Crippen molar-refractivity contribution in [1.29, 1.82) is 0 Å². The number of nitrogens with two attached hydrogens (primary N) is 1. The maximum absolute atomic E-state index is 11.5. The third kappa shape index (κ3) is 4.44. The van der Waals surface area contributed by atoms with Crippen LogP contribution in [0, 0.1) is 5.92 Å². The monoisotopic (exact) mass is 224 g/mol. The number of hydrogen-bond acceptors (Lipinski definition) is 3. The number of H-pyrrole nitrogens is 1. The molecule has 0 fully saturated rings. The third-order valence-corrected chi connectivity index (χ3v) is 2.49. The molecule has 16 heavy (non-hydrogen) atoms. The number of aryl methyl sites for hydroxylation is 1. The quantitative estimate of drug-likeness (QED) is 0.588. The lowest BCUT2D eigenvalue weighted by Gasteiger charge is -2.10. The normalized spacial score (nSPS) is 12.4. The van der Waals surface area contributed by atoms with Crippen molar-refractivity contribution in [3.8, 4) is 0 Å². The smallest absolute Gasteiger partial charge is 0.222 e. The van der Waals surface area contributed by atoms with E-state index in [0.717, 1.165) is 25.1 Å². The summed E-state index contributed by atoms with van der Waals surface area (Å²) in [6, 6.07) is 0. The zero-order chi connectivity index (χ0) is 11.8. The number of hydrogen-bond donors (Lipinski definition) is 3. The number of carbonyl (C=O) groups is 1. The van der Waals surface area contributed by atoms with Gasteiger partial charge in [0.2, 0.25) is 5.91 Å². The lowest BCUT2D eigenvalue weighted by atomic mass is 10.1. The minimum Gasteiger partial charge on any atom is -0.356 e. The highest BCUT2D eigenvalue weighted by atomic mass is 16.1. The molecule has 0 spiro atoms. The first-order chi connectivity index (χ1) is 7.74. The lowest BCUT2D eigenvalue weighted by molar-refractivity contribution is -0.124. The second-order valence-corrected chi connectivity index (χ2v) is 3.91. The number of aromatic nitrogens is 2. The van der Waals surface area contributed by atoms with Gasteiger partial charge < -0.3 is 16.0 Å². The molecule has 1 aromatic rings. The Kier molecular flexibility index (Phi) is 5.56. The van der Waals surface area contributed by atoms with E-state index in [1.54, 1.807) is 12.4 Å². The molecular formula is C11H20N4O. The molecule has 0 saturated heterocycles. The molecule has 0 saturated carbocycles. The van der Waals surface area contributed by atoms with E-state index in [4.69, 9.17) is 5.73 Å². The highest BCUT2D eigenvalue weighted by Gasteiger charge is 2.10. The number of aromatic amines is 1. The fourth-order valence-electron chi connectivity index (χ4n) is 1.46. The largest absolute Gasteiger partial charge is 0.356 e. The molecule has 90 valence electrons. The topological polar surface area (TPSA) is 83.8 Å². The standard InChI is InChI=1S/C11H20N4O/c1-9(4-5-12)11(16)15-6-2-3-10-13-7-8-14-10/h7-9H,2-6,12H2,1H3,(H,13,14)(H,15,16). The Morgan fingerprint density at radius 3 is 3.12 bits per heavy atom. The van der Waals surface area contributed by atoms with Crippen molar-refractivity contribution >= 4 is 5.91 Å². The zero-order valence-electron chi connectivity index (χ0n) is 9.70. The fraction of sp³-hybridized carbons (Fsp3) is 0.636. The molecule has 1 aromatic heterocycles. The van der Waals surface area contributed by atoms with Gasteiger partial charge in [0.15, 0.2) is 0 Å². The second-order valence-electron chi connectivity index (χ2n) is 3.91. The molecule has 1 atom stereocenters. The minimum atomic E-state index is 0.00797. The summed E-state index contributed by atoms with van der Waals surface area (Å²) in [6.07, 6.45) is 6.03. The van der Waals surface area contributed by atoms with E-state index in [1.807, 2.05) is 6.92 Å². The summed E-state index contributed by atoms with van der Waals surface area (Å²) < 4.78 is 0. The van der Waals surface area contributed by atoms with Crippen LogP contribution in [-0.2, 0) is 11.2 Å². The predicted molar refractivity (Wildman–Crippen MR) is 62.8 cm³/mol. The number of nitrogens with zero attached hydrogens (tertiary/aromatic N) is 1. The predicted octanol–water partition coefficient (Wildman–Crippen LogP) is 0.443. The van der Waals surface area contributed by atoms with Gasteiger partial charge in [0.05, 0.1) is 0 Å². The Bertz CT molecular complexity index is 297. The third-order valence-electron chi connectivity index (χ3n) is 2.49. The number of amides is 1. The molecule has 0 aromatic carbocycles. The van der Waals surface area contributed by atoms with E-state index >= 15 is 0 Å². The summed E-state index contributed by atoms with van der Waals surface area (Å²) >= 11 is 0. The van der Waals surface area contributed by atoms with Gasteiger partial charge in [-0.2, -0.15) is 0 Å². The van der Waals surface area contributed by atoms with Gasteiger partial charge in [-0.15, -0.1) is 0 Å². The van der Waals surface area contributed by atoms with Crippen LogP contribution in [0.15, 0.2) is 12.4 Å². The number of nitrogens with one attached hydrogen (secondary N) is 2. The van der Waals surface area contributed by atoms with Gasteiger partial charge in [-0.05, 0) is 19.4 Å². The minimum absolute atomic E-state index is 0.00797. The average molecular weight is 224 g/mol. The molecule has 0 aliphatic heterocycles. The first-order valence-electron chi connectivity index (χ1n) is 5.70. The van der Waals surface area contributed by atoms with Gasteiger partial charge in [0, 0.05) is 31.3 Å². The van der Waals surface area contributed by atoms with Crippen molar-refractivity contribution < 1.29 is 4.79 Å². The van der Waals surface area contributed by atoms with Crippen molar-refractivity contribution in [2.75, 3.05) is 13.1 Å². The maximum atomic E-state index is 11.5. The second kappa shape index (κ2) is 7.00. The molecule has 0 bridgehead atoms. The summed E-state index contributed by atoms with van der Waals surface area (Å²) in [5.41, 5.74) is 5.39. The molecule has 1 unspecified atom stereocenters. The van der Waals surface area contributed by atoms with Gasteiger partial charge in [0.25, 0.3) is 0 Å². The molecule has 0 aliphatic rings. The van der Waals surface area contributed by atoms with Crippen LogP contribution < -0.4 is 11.1 Å². The lowest BCUT2D eigenvalue weighted by Crippen LogP contribution is -2.31. The molecule has 5 heteroatoms. The Morgan fingerprint density at radius 2 is 2.50 bits per heavy atom. The van der Waals surface area contributed by atoms with E-state index in [2.05, 4.69) is 15.3 Å². The van der Waals surface area contributed by atoms with Gasteiger partial charge in [-0.3, -0.25) is 4.79 Å². The van der Waals surface area contributed by atoms with Gasteiger partial charge >= 0.3 is 0 Å². The summed E-state index contributed by atoms with van der Waals surface area (Å²) in [5, 5.41) is 2.89. The Balaban J connectivity index is 2.08. The van der Waals surface area contributed by atoms with Crippen LogP contribution in [0.25, 0.3) is 0 Å². The summed E-state index contributed by atoms with van der Waals surface area (Å²) in [6.45, 7) is 3.14. The number of imidazole rings is 1. The van der Waals surface area contributed by atoms with Crippen LogP contribution in [-0.4, -0.2) is 29.0 Å². The van der Waals surface area contributed by atoms with Gasteiger partial charge in [0.1, 0.15) is 5.82 Å². The van der Waals surface area contributed by atoms with E-state index in [0.29, 0.717) is 13.1 Å². The van der Waals surface area contributed by atoms with Gasteiger partial charge in [-0.1, -0.05) is 6.92 Å². The molecule has 1 rings (SSSR count). The van der Waals surface area contributed by atoms with Crippen LogP contribution in [0.3, 0.4) is 0 Å². The van der Waals surface area contributed by atoms with Crippen molar-refractivity contribution in [1.82, 2.24) is 15.3 Å². The number of rotatable bonds is 7. The molecule has 1 amide bonds. The molecular weight excluding hydrogens is 204 g/mol. The number of carbonyl (C=O) groups excluding carboxylic acids is 1. The van der Waals surface area contributed by atoms with Crippen LogP contribution in [0.5, 0.6) is 0 Å². The van der Waals surface area contributed by atoms with Gasteiger partial charge in [-0.25, -0.2) is 4.98 Å². The maximum Gasteiger partial charge on any atom is 0.222 e. The summed E-state index contributed by atoms with van der Waals surface area (Å²) in [5.74, 6) is 1.06. The van der Waals surface area contributed by atoms with Crippen LogP contribution in [0.2, 0.25) is 0 Å².